The number of rotatable bonds is 2. The molecule has 0 amide bonds. The quantitative estimate of drug-likeness (QED) is 0.727. The highest BCUT2D eigenvalue weighted by Gasteiger charge is 2.16. The molecule has 1 heterocycles. The van der Waals surface area contributed by atoms with E-state index in [-0.39, 0.29) is 17.1 Å². The second kappa shape index (κ2) is 4.69. The van der Waals surface area contributed by atoms with Gasteiger partial charge in [0.15, 0.2) is 17.5 Å². The van der Waals surface area contributed by atoms with E-state index in [1.54, 1.807) is 12.1 Å². The molecule has 0 unspecified atom stereocenters. The molecular weight excluding hydrogens is 264 g/mol. The van der Waals surface area contributed by atoms with Gasteiger partial charge in [-0.3, -0.25) is 0 Å². The molecule has 5 nitrogen and oxygen atoms in total. The number of tetrazole rings is 1. The second-order valence-corrected chi connectivity index (χ2v) is 4.10. The Balaban J connectivity index is 2.18. The van der Waals surface area contributed by atoms with Gasteiger partial charge in [0, 0.05) is 17.3 Å². The molecule has 3 rings (SSSR count). The number of hydrogen-bond acceptors (Lipinski definition) is 4. The van der Waals surface area contributed by atoms with Gasteiger partial charge in [-0.15, -0.1) is 5.10 Å². The maximum atomic E-state index is 13.4. The van der Waals surface area contributed by atoms with E-state index in [0.717, 1.165) is 12.1 Å². The summed E-state index contributed by atoms with van der Waals surface area (Å²) >= 11 is 0. The van der Waals surface area contributed by atoms with Crippen LogP contribution in [-0.2, 0) is 0 Å². The summed E-state index contributed by atoms with van der Waals surface area (Å²) in [5, 5.41) is 11.2. The number of para-hydroxylation sites is 1. The molecule has 0 saturated heterocycles. The van der Waals surface area contributed by atoms with Crippen LogP contribution in [0.2, 0.25) is 0 Å². The van der Waals surface area contributed by atoms with Crippen molar-refractivity contribution in [2.45, 2.75) is 0 Å². The standard InChI is InChI=1S/C13H9F2N5/c14-10-6-9(12(16)7-11(10)15)13-17-18-19-20(13)8-4-2-1-3-5-8/h1-7H,16H2. The lowest BCUT2D eigenvalue weighted by Crippen LogP contribution is -2.02. The molecular formula is C13H9F2N5. The third-order valence-corrected chi connectivity index (χ3v) is 2.80. The van der Waals surface area contributed by atoms with Gasteiger partial charge in [-0.25, -0.2) is 8.78 Å². The minimum atomic E-state index is -1.01. The predicted octanol–water partition coefficient (Wildman–Crippen LogP) is 2.19. The summed E-state index contributed by atoms with van der Waals surface area (Å²) in [6.07, 6.45) is 0. The van der Waals surface area contributed by atoms with Crippen LogP contribution in [-0.4, -0.2) is 20.2 Å². The molecule has 0 aliphatic carbocycles. The predicted molar refractivity (Wildman–Crippen MR) is 68.9 cm³/mol. The van der Waals surface area contributed by atoms with Gasteiger partial charge in [-0.1, -0.05) is 18.2 Å². The van der Waals surface area contributed by atoms with Crippen molar-refractivity contribution < 1.29 is 8.78 Å². The van der Waals surface area contributed by atoms with Crippen molar-refractivity contribution in [2.75, 3.05) is 5.73 Å². The molecule has 1 aromatic heterocycles. The fraction of sp³-hybridized carbons (Fsp3) is 0. The van der Waals surface area contributed by atoms with Crippen molar-refractivity contribution in [1.29, 1.82) is 0 Å². The van der Waals surface area contributed by atoms with E-state index in [2.05, 4.69) is 15.5 Å². The molecule has 0 spiro atoms. The number of nitrogen functional groups attached to an aromatic ring is 1. The van der Waals surface area contributed by atoms with Crippen LogP contribution in [0.1, 0.15) is 0 Å². The summed E-state index contributed by atoms with van der Waals surface area (Å²) in [6.45, 7) is 0. The molecule has 0 radical (unpaired) electrons. The van der Waals surface area contributed by atoms with Crippen LogP contribution >= 0.6 is 0 Å². The van der Waals surface area contributed by atoms with Crippen molar-refractivity contribution in [3.8, 4) is 17.1 Å². The Morgan fingerprint density at radius 3 is 2.45 bits per heavy atom. The highest BCUT2D eigenvalue weighted by atomic mass is 19.2. The highest BCUT2D eigenvalue weighted by molar-refractivity contribution is 5.72. The zero-order valence-corrected chi connectivity index (χ0v) is 10.2. The second-order valence-electron chi connectivity index (χ2n) is 4.10. The molecule has 0 aliphatic rings. The van der Waals surface area contributed by atoms with Crippen molar-refractivity contribution in [2.24, 2.45) is 0 Å². The van der Waals surface area contributed by atoms with Crippen LogP contribution in [0.15, 0.2) is 42.5 Å². The first-order valence-corrected chi connectivity index (χ1v) is 5.75. The Hall–Kier alpha value is -2.83. The normalized spacial score (nSPS) is 10.7. The van der Waals surface area contributed by atoms with Gasteiger partial charge in [-0.05, 0) is 28.6 Å². The van der Waals surface area contributed by atoms with Crippen molar-refractivity contribution >= 4 is 5.69 Å². The van der Waals surface area contributed by atoms with E-state index < -0.39 is 11.6 Å². The zero-order chi connectivity index (χ0) is 14.1. The first-order chi connectivity index (χ1) is 9.66. The average Bonchev–Trinajstić information content (AvgIpc) is 2.93. The van der Waals surface area contributed by atoms with E-state index in [4.69, 9.17) is 5.73 Å². The number of hydrogen-bond donors (Lipinski definition) is 1. The summed E-state index contributed by atoms with van der Waals surface area (Å²) in [7, 11) is 0. The lowest BCUT2D eigenvalue weighted by molar-refractivity contribution is 0.509. The zero-order valence-electron chi connectivity index (χ0n) is 10.2. The Morgan fingerprint density at radius 2 is 1.70 bits per heavy atom. The van der Waals surface area contributed by atoms with E-state index >= 15 is 0 Å². The fourth-order valence-electron chi connectivity index (χ4n) is 1.85. The first kappa shape index (κ1) is 12.2. The van der Waals surface area contributed by atoms with Crippen LogP contribution in [0.25, 0.3) is 17.1 Å². The van der Waals surface area contributed by atoms with Gasteiger partial charge in [0.2, 0.25) is 0 Å². The van der Waals surface area contributed by atoms with Crippen LogP contribution in [0.5, 0.6) is 0 Å². The minimum Gasteiger partial charge on any atom is -0.398 e. The molecule has 2 aromatic carbocycles. The Morgan fingerprint density at radius 1 is 1.00 bits per heavy atom. The summed E-state index contributed by atoms with van der Waals surface area (Å²) in [5.74, 6) is -1.77. The molecule has 3 aromatic rings. The molecule has 0 atom stereocenters. The summed E-state index contributed by atoms with van der Waals surface area (Å²) < 4.78 is 27.9. The minimum absolute atomic E-state index is 0.0656. The molecule has 0 fully saturated rings. The van der Waals surface area contributed by atoms with Gasteiger partial charge >= 0.3 is 0 Å². The number of halogens is 2. The Bertz CT molecular complexity index is 755. The molecule has 100 valence electrons. The van der Waals surface area contributed by atoms with Gasteiger partial charge in [0.1, 0.15) is 0 Å². The molecule has 0 aliphatic heterocycles. The lowest BCUT2D eigenvalue weighted by Gasteiger charge is -2.07. The molecule has 0 bridgehead atoms. The molecule has 2 N–H and O–H groups in total. The van der Waals surface area contributed by atoms with Gasteiger partial charge < -0.3 is 5.73 Å². The Labute approximate surface area is 112 Å². The maximum Gasteiger partial charge on any atom is 0.189 e. The Kier molecular flexibility index (Phi) is 2.86. The van der Waals surface area contributed by atoms with Crippen molar-refractivity contribution in [3.63, 3.8) is 0 Å². The summed E-state index contributed by atoms with van der Waals surface area (Å²) in [4.78, 5) is 0. The largest absolute Gasteiger partial charge is 0.398 e. The maximum absolute atomic E-state index is 13.4. The number of aromatic nitrogens is 4. The van der Waals surface area contributed by atoms with Crippen LogP contribution in [0, 0.1) is 11.6 Å². The van der Waals surface area contributed by atoms with Gasteiger partial charge in [0.25, 0.3) is 0 Å². The SMILES string of the molecule is Nc1cc(F)c(F)cc1-c1nnnn1-c1ccccc1. The number of nitrogens with zero attached hydrogens (tertiary/aromatic N) is 4. The van der Waals surface area contributed by atoms with Gasteiger partial charge in [0.05, 0.1) is 5.69 Å². The number of benzene rings is 2. The van der Waals surface area contributed by atoms with E-state index in [1.165, 1.54) is 4.68 Å². The average molecular weight is 273 g/mol. The number of anilines is 1. The fourth-order valence-corrected chi connectivity index (χ4v) is 1.85. The third kappa shape index (κ3) is 1.99. The summed E-state index contributed by atoms with van der Waals surface area (Å²) in [5.41, 5.74) is 6.70. The smallest absolute Gasteiger partial charge is 0.189 e. The van der Waals surface area contributed by atoms with Crippen molar-refractivity contribution in [1.82, 2.24) is 20.2 Å². The van der Waals surface area contributed by atoms with E-state index in [9.17, 15) is 8.78 Å². The lowest BCUT2D eigenvalue weighted by atomic mass is 10.1. The van der Waals surface area contributed by atoms with E-state index in [0.29, 0.717) is 5.69 Å². The summed E-state index contributed by atoms with van der Waals surface area (Å²) in [6, 6.07) is 10.9. The van der Waals surface area contributed by atoms with Crippen LogP contribution < -0.4 is 5.73 Å². The molecule has 7 heteroatoms. The third-order valence-electron chi connectivity index (χ3n) is 2.80. The molecule has 0 saturated carbocycles. The van der Waals surface area contributed by atoms with Crippen molar-refractivity contribution in [3.05, 3.63) is 54.1 Å². The van der Waals surface area contributed by atoms with Gasteiger partial charge in [-0.2, -0.15) is 4.68 Å². The van der Waals surface area contributed by atoms with Crippen LogP contribution in [0.4, 0.5) is 14.5 Å². The molecule has 20 heavy (non-hydrogen) atoms. The van der Waals surface area contributed by atoms with Crippen LogP contribution in [0.3, 0.4) is 0 Å². The van der Waals surface area contributed by atoms with E-state index in [1.807, 2.05) is 18.2 Å². The number of nitrogens with two attached hydrogens (primary N) is 1. The highest BCUT2D eigenvalue weighted by Crippen LogP contribution is 2.27. The topological polar surface area (TPSA) is 69.6 Å². The monoisotopic (exact) mass is 273 g/mol. The first-order valence-electron chi connectivity index (χ1n) is 5.75.